The molecule has 0 saturated heterocycles. The van der Waals surface area contributed by atoms with E-state index >= 15 is 0 Å². The Balaban J connectivity index is 1.93. The summed E-state index contributed by atoms with van der Waals surface area (Å²) in [6.07, 6.45) is 0.594. The number of aromatic amines is 1. The molecule has 0 aliphatic heterocycles. The van der Waals surface area contributed by atoms with E-state index in [4.69, 9.17) is 0 Å². The average molecular weight is 488 g/mol. The molecule has 0 fully saturated rings. The monoisotopic (exact) mass is 487 g/mol. The topological polar surface area (TPSA) is 95.7 Å². The highest BCUT2D eigenvalue weighted by molar-refractivity contribution is 7.86. The molecule has 0 aliphatic rings. The zero-order valence-corrected chi connectivity index (χ0v) is 20.2. The first-order valence-electron chi connectivity index (χ1n) is 11.3. The molecule has 35 heavy (non-hydrogen) atoms. The minimum absolute atomic E-state index is 0.0259. The Morgan fingerprint density at radius 1 is 1.09 bits per heavy atom. The number of halogens is 1. The lowest BCUT2D eigenvalue weighted by atomic mass is 9.95. The van der Waals surface area contributed by atoms with Gasteiger partial charge < -0.3 is 9.55 Å². The molecule has 6 nitrogen and oxygen atoms in total. The quantitative estimate of drug-likeness (QED) is 0.316. The molecule has 0 aliphatic carbocycles. The summed E-state index contributed by atoms with van der Waals surface area (Å²) in [6.45, 7) is 5.98. The molecule has 0 saturated carbocycles. The number of fused-ring (bicyclic) bond motifs is 4. The minimum Gasteiger partial charge on any atom is -0.340 e. The zero-order valence-electron chi connectivity index (χ0n) is 19.4. The number of aromatic nitrogens is 2. The van der Waals surface area contributed by atoms with Crippen LogP contribution in [0.4, 0.5) is 3.89 Å². The Morgan fingerprint density at radius 2 is 1.86 bits per heavy atom. The molecule has 2 aromatic heterocycles. The number of nitrogens with zero attached hydrogens (tertiary/aromatic N) is 2. The first-order valence-corrected chi connectivity index (χ1v) is 12.6. The van der Waals surface area contributed by atoms with E-state index in [1.54, 1.807) is 24.3 Å². The van der Waals surface area contributed by atoms with Crippen LogP contribution in [0.2, 0.25) is 0 Å². The number of aryl methyl sites for hydroxylation is 1. The maximum Gasteiger partial charge on any atom is 0.332 e. The van der Waals surface area contributed by atoms with Gasteiger partial charge >= 0.3 is 10.2 Å². The Kier molecular flexibility index (Phi) is 5.26. The molecule has 2 heterocycles. The fourth-order valence-electron chi connectivity index (χ4n) is 4.85. The van der Waals surface area contributed by atoms with E-state index < -0.39 is 15.1 Å². The van der Waals surface area contributed by atoms with Gasteiger partial charge in [0.25, 0.3) is 0 Å². The highest BCUT2D eigenvalue weighted by Gasteiger charge is 2.20. The number of nitriles is 1. The van der Waals surface area contributed by atoms with Crippen LogP contribution in [0.5, 0.6) is 0 Å². The predicted molar refractivity (Wildman–Crippen MR) is 136 cm³/mol. The van der Waals surface area contributed by atoms with Gasteiger partial charge in [-0.2, -0.15) is 13.7 Å². The van der Waals surface area contributed by atoms with E-state index in [0.717, 1.165) is 16.5 Å². The first kappa shape index (κ1) is 22.8. The third kappa shape index (κ3) is 3.60. The lowest BCUT2D eigenvalue weighted by Gasteiger charge is -2.19. The zero-order chi connectivity index (χ0) is 25.1. The molecule has 0 amide bonds. The second-order valence-corrected chi connectivity index (χ2v) is 10.2. The summed E-state index contributed by atoms with van der Waals surface area (Å²) >= 11 is 0. The summed E-state index contributed by atoms with van der Waals surface area (Å²) in [5.41, 5.74) is 4.56. The third-order valence-corrected chi connectivity index (χ3v) is 7.24. The Labute approximate surface area is 201 Å². The van der Waals surface area contributed by atoms with Crippen molar-refractivity contribution in [2.75, 3.05) is 0 Å². The molecule has 5 aromatic rings. The molecule has 5 rings (SSSR count). The average Bonchev–Trinajstić information content (AvgIpc) is 3.21. The SMILES string of the molecule is CCc1cc2c(=O)c3c4ccc(C#N)cc4[nH]c3n(C(C)C)c2cc1-c1cccc(S(=O)(=O)F)c1. The number of benzene rings is 3. The maximum atomic E-state index is 13.8. The smallest absolute Gasteiger partial charge is 0.332 e. The second-order valence-electron chi connectivity index (χ2n) is 8.86. The van der Waals surface area contributed by atoms with Crippen LogP contribution in [-0.4, -0.2) is 18.0 Å². The third-order valence-electron chi connectivity index (χ3n) is 6.43. The van der Waals surface area contributed by atoms with Gasteiger partial charge in [-0.3, -0.25) is 4.79 Å². The van der Waals surface area contributed by atoms with Crippen LogP contribution in [0.25, 0.3) is 44.0 Å². The van der Waals surface area contributed by atoms with Gasteiger partial charge in [-0.05, 0) is 73.4 Å². The van der Waals surface area contributed by atoms with E-state index in [9.17, 15) is 22.4 Å². The number of nitrogens with one attached hydrogen (secondary N) is 1. The number of hydrogen-bond acceptors (Lipinski definition) is 4. The van der Waals surface area contributed by atoms with Crippen LogP contribution >= 0.6 is 0 Å². The number of hydrogen-bond donors (Lipinski definition) is 1. The van der Waals surface area contributed by atoms with E-state index in [-0.39, 0.29) is 11.5 Å². The fourth-order valence-corrected chi connectivity index (χ4v) is 5.35. The number of rotatable bonds is 4. The highest BCUT2D eigenvalue weighted by Crippen LogP contribution is 2.34. The van der Waals surface area contributed by atoms with Gasteiger partial charge in [-0.25, -0.2) is 0 Å². The predicted octanol–water partition coefficient (Wildman–Crippen LogP) is 5.98. The summed E-state index contributed by atoms with van der Waals surface area (Å²) in [7, 11) is -4.86. The van der Waals surface area contributed by atoms with E-state index in [0.29, 0.717) is 45.0 Å². The molecule has 3 aromatic carbocycles. The molecule has 176 valence electrons. The van der Waals surface area contributed by atoms with Crippen LogP contribution in [0.3, 0.4) is 0 Å². The van der Waals surface area contributed by atoms with Gasteiger partial charge in [0.1, 0.15) is 5.65 Å². The van der Waals surface area contributed by atoms with E-state index in [1.165, 1.54) is 18.2 Å². The second kappa shape index (κ2) is 8.07. The molecule has 8 heteroatoms. The Bertz CT molecular complexity index is 1880. The van der Waals surface area contributed by atoms with Crippen molar-refractivity contribution < 1.29 is 12.3 Å². The largest absolute Gasteiger partial charge is 0.340 e. The van der Waals surface area contributed by atoms with Crippen molar-refractivity contribution in [3.05, 3.63) is 75.9 Å². The highest BCUT2D eigenvalue weighted by atomic mass is 32.3. The van der Waals surface area contributed by atoms with Crippen molar-refractivity contribution >= 4 is 43.1 Å². The summed E-state index contributed by atoms with van der Waals surface area (Å²) in [6, 6.07) is 16.8. The van der Waals surface area contributed by atoms with Gasteiger partial charge in [0.05, 0.1) is 27.4 Å². The van der Waals surface area contributed by atoms with Gasteiger partial charge in [-0.15, -0.1) is 3.89 Å². The number of H-pyrrole nitrogens is 1. The van der Waals surface area contributed by atoms with Crippen molar-refractivity contribution in [3.63, 3.8) is 0 Å². The van der Waals surface area contributed by atoms with Crippen LogP contribution < -0.4 is 5.43 Å². The van der Waals surface area contributed by atoms with Gasteiger partial charge in [0.2, 0.25) is 0 Å². The van der Waals surface area contributed by atoms with Gasteiger partial charge in [0, 0.05) is 22.3 Å². The fraction of sp³-hybridized carbons (Fsp3) is 0.185. The van der Waals surface area contributed by atoms with Crippen molar-refractivity contribution in [1.82, 2.24) is 9.55 Å². The van der Waals surface area contributed by atoms with Gasteiger partial charge in [-0.1, -0.05) is 25.1 Å². The van der Waals surface area contributed by atoms with Gasteiger partial charge in [0.15, 0.2) is 5.43 Å². The maximum absolute atomic E-state index is 13.8. The molecular weight excluding hydrogens is 465 g/mol. The van der Waals surface area contributed by atoms with Crippen molar-refractivity contribution in [3.8, 4) is 17.2 Å². The molecule has 0 spiro atoms. The molecule has 1 N–H and O–H groups in total. The van der Waals surface area contributed by atoms with E-state index in [1.807, 2.05) is 37.5 Å². The Hall–Kier alpha value is -3.96. The first-order chi connectivity index (χ1) is 16.6. The van der Waals surface area contributed by atoms with Crippen molar-refractivity contribution in [1.29, 1.82) is 5.26 Å². The van der Waals surface area contributed by atoms with E-state index in [2.05, 4.69) is 11.1 Å². The lowest BCUT2D eigenvalue weighted by molar-refractivity contribution is 0.552. The summed E-state index contributed by atoms with van der Waals surface area (Å²) in [4.78, 5) is 16.7. The molecule has 0 radical (unpaired) electrons. The van der Waals surface area contributed by atoms with Crippen LogP contribution in [-0.2, 0) is 16.6 Å². The Morgan fingerprint density at radius 3 is 2.51 bits per heavy atom. The van der Waals surface area contributed by atoms with Crippen LogP contribution in [0, 0.1) is 11.3 Å². The molecule has 0 unspecified atom stereocenters. The minimum atomic E-state index is -4.86. The molecular formula is C27H22FN3O3S. The standard InChI is InChI=1S/C27H22FN3O3S/c1-4-17-12-22-24(13-21(17)18-6-5-7-19(11-18)35(28,33)34)31(15(2)3)27-25(26(22)32)20-9-8-16(14-29)10-23(20)30-27/h5-13,15,30H,4H2,1-3H3. The van der Waals surface area contributed by atoms with Crippen molar-refractivity contribution in [2.24, 2.45) is 0 Å². The summed E-state index contributed by atoms with van der Waals surface area (Å²) < 4.78 is 38.8. The van der Waals surface area contributed by atoms with Crippen molar-refractivity contribution in [2.45, 2.75) is 38.1 Å². The number of pyridine rings is 1. The van der Waals surface area contributed by atoms with Crippen LogP contribution in [0.15, 0.2) is 64.3 Å². The molecule has 0 bridgehead atoms. The van der Waals surface area contributed by atoms with Crippen LogP contribution in [0.1, 0.15) is 37.9 Å². The molecule has 0 atom stereocenters. The normalized spacial score (nSPS) is 12.1. The summed E-state index contributed by atoms with van der Waals surface area (Å²) in [5, 5.41) is 11.2. The lowest BCUT2D eigenvalue weighted by Crippen LogP contribution is -2.13. The summed E-state index contributed by atoms with van der Waals surface area (Å²) in [5.74, 6) is 0.